The lowest BCUT2D eigenvalue weighted by Crippen LogP contribution is -2.46. The van der Waals surface area contributed by atoms with Crippen molar-refractivity contribution in [3.8, 4) is 0 Å². The predicted molar refractivity (Wildman–Crippen MR) is 278 cm³/mol. The van der Waals surface area contributed by atoms with Crippen molar-refractivity contribution in [1.29, 1.82) is 0 Å². The summed E-state index contributed by atoms with van der Waals surface area (Å²) in [6.07, 6.45) is 63.1. The third-order valence-corrected chi connectivity index (χ3v) is 12.7. The lowest BCUT2D eigenvalue weighted by atomic mass is 10.0. The average molecular weight is 898 g/mol. The van der Waals surface area contributed by atoms with Crippen molar-refractivity contribution in [2.24, 2.45) is 0 Å². The van der Waals surface area contributed by atoms with E-state index in [4.69, 9.17) is 4.74 Å². The summed E-state index contributed by atoms with van der Waals surface area (Å²) in [4.78, 5) is 26.2. The Balaban J connectivity index is 4.60. The van der Waals surface area contributed by atoms with Gasteiger partial charge in [-0.2, -0.15) is 0 Å². The first kappa shape index (κ1) is 61.8. The fourth-order valence-corrected chi connectivity index (χ4v) is 8.39. The minimum atomic E-state index is -0.792. The maximum absolute atomic E-state index is 13.2. The van der Waals surface area contributed by atoms with Gasteiger partial charge in [-0.1, -0.05) is 236 Å². The van der Waals surface area contributed by atoms with Crippen LogP contribution in [0, 0.1) is 0 Å². The van der Waals surface area contributed by atoms with Crippen LogP contribution in [0.4, 0.5) is 0 Å². The van der Waals surface area contributed by atoms with Crippen molar-refractivity contribution in [3.05, 3.63) is 48.6 Å². The molecule has 0 bridgehead atoms. The molecule has 6 nitrogen and oxygen atoms in total. The number of carbonyl (C=O) groups is 2. The molecule has 3 atom stereocenters. The predicted octanol–water partition coefficient (Wildman–Crippen LogP) is 17.0. The van der Waals surface area contributed by atoms with Crippen LogP contribution >= 0.6 is 0 Å². The lowest BCUT2D eigenvalue weighted by Gasteiger charge is -2.24. The molecule has 0 rings (SSSR count). The number of allylic oxidation sites excluding steroid dienone is 8. The summed E-state index contributed by atoms with van der Waals surface area (Å²) in [5.41, 5.74) is 0. The van der Waals surface area contributed by atoms with Gasteiger partial charge in [-0.25, -0.2) is 0 Å². The zero-order chi connectivity index (χ0) is 46.7. The van der Waals surface area contributed by atoms with Crippen LogP contribution < -0.4 is 5.32 Å². The highest BCUT2D eigenvalue weighted by Crippen LogP contribution is 2.18. The van der Waals surface area contributed by atoms with E-state index in [2.05, 4.69) is 74.7 Å². The van der Waals surface area contributed by atoms with Gasteiger partial charge in [0.1, 0.15) is 6.10 Å². The van der Waals surface area contributed by atoms with Crippen LogP contribution in [-0.4, -0.2) is 46.9 Å². The molecule has 3 N–H and O–H groups in total. The Hall–Kier alpha value is -2.18. The van der Waals surface area contributed by atoms with Crippen molar-refractivity contribution < 1.29 is 24.5 Å². The van der Waals surface area contributed by atoms with Gasteiger partial charge in [0, 0.05) is 6.42 Å². The zero-order valence-electron chi connectivity index (χ0n) is 42.7. The Morgan fingerprint density at radius 1 is 0.469 bits per heavy atom. The molecule has 0 saturated carbocycles. The van der Waals surface area contributed by atoms with Crippen LogP contribution in [0.2, 0.25) is 0 Å². The summed E-state index contributed by atoms with van der Waals surface area (Å²) in [6, 6.07) is -0.706. The highest BCUT2D eigenvalue weighted by molar-refractivity contribution is 5.77. The van der Waals surface area contributed by atoms with E-state index in [0.29, 0.717) is 19.3 Å². The zero-order valence-corrected chi connectivity index (χ0v) is 42.7. The van der Waals surface area contributed by atoms with Gasteiger partial charge in [0.15, 0.2) is 0 Å². The van der Waals surface area contributed by atoms with Crippen LogP contribution in [0.3, 0.4) is 0 Å². The van der Waals surface area contributed by atoms with Gasteiger partial charge in [-0.05, 0) is 83.5 Å². The Bertz CT molecular complexity index is 1100. The van der Waals surface area contributed by atoms with Crippen molar-refractivity contribution in [2.75, 3.05) is 6.61 Å². The normalized spacial score (nSPS) is 13.5. The van der Waals surface area contributed by atoms with Crippen LogP contribution in [-0.2, 0) is 14.3 Å². The van der Waals surface area contributed by atoms with Gasteiger partial charge >= 0.3 is 5.97 Å². The molecule has 0 aliphatic carbocycles. The number of aliphatic hydroxyl groups excluding tert-OH is 2. The third kappa shape index (κ3) is 46.4. The van der Waals surface area contributed by atoms with E-state index in [0.717, 1.165) is 77.0 Å². The van der Waals surface area contributed by atoms with E-state index >= 15 is 0 Å². The maximum Gasteiger partial charge on any atom is 0.306 e. The van der Waals surface area contributed by atoms with Gasteiger partial charge < -0.3 is 20.3 Å². The minimum absolute atomic E-state index is 0.0684. The first-order valence-corrected chi connectivity index (χ1v) is 27.9. The molecule has 0 aliphatic heterocycles. The second kappa shape index (κ2) is 51.8. The van der Waals surface area contributed by atoms with Crippen molar-refractivity contribution in [3.63, 3.8) is 0 Å². The Kier molecular flexibility index (Phi) is 50.0. The summed E-state index contributed by atoms with van der Waals surface area (Å²) in [5, 5.41) is 23.8. The van der Waals surface area contributed by atoms with Gasteiger partial charge in [0.25, 0.3) is 0 Å². The van der Waals surface area contributed by atoms with Gasteiger partial charge in [0.2, 0.25) is 5.91 Å². The standard InChI is InChI=1S/C58H107NO5/c1-4-7-10-13-16-19-22-25-27-28-30-32-34-37-40-43-46-49-54(64-58(63)51-48-45-42-39-36-33-29-26-23-20-17-14-11-8-5-2)52-57(62)59-55(53-60)56(61)50-47-44-41-38-35-31-24-21-18-15-12-9-6-3/h16-17,19-20,23,25-27,54-56,60-61H,4-15,18,21-22,24,28-53H2,1-3H3,(H,59,62)/b19-16-,20-17+,26-23+,27-25-. The summed E-state index contributed by atoms with van der Waals surface area (Å²) in [5.74, 6) is -0.486. The molecule has 6 heteroatoms. The first-order chi connectivity index (χ1) is 31.5. The summed E-state index contributed by atoms with van der Waals surface area (Å²) < 4.78 is 5.95. The molecule has 0 aliphatic rings. The smallest absolute Gasteiger partial charge is 0.306 e. The number of unbranched alkanes of at least 4 members (excludes halogenated alkanes) is 31. The molecule has 0 fully saturated rings. The number of rotatable bonds is 50. The highest BCUT2D eigenvalue weighted by atomic mass is 16.5. The van der Waals surface area contributed by atoms with Crippen LogP contribution in [0.15, 0.2) is 48.6 Å². The first-order valence-electron chi connectivity index (χ1n) is 27.9. The van der Waals surface area contributed by atoms with E-state index in [1.54, 1.807) is 0 Å². The van der Waals surface area contributed by atoms with E-state index in [1.807, 2.05) is 0 Å². The molecular weight excluding hydrogens is 791 g/mol. The molecule has 0 saturated heterocycles. The second-order valence-electron chi connectivity index (χ2n) is 19.0. The molecule has 3 unspecified atom stereocenters. The molecule has 64 heavy (non-hydrogen) atoms. The van der Waals surface area contributed by atoms with Crippen LogP contribution in [0.25, 0.3) is 0 Å². The topological polar surface area (TPSA) is 95.9 Å². The van der Waals surface area contributed by atoms with Crippen molar-refractivity contribution >= 4 is 11.9 Å². The molecule has 0 radical (unpaired) electrons. The Morgan fingerprint density at radius 2 is 0.844 bits per heavy atom. The third-order valence-electron chi connectivity index (χ3n) is 12.7. The van der Waals surface area contributed by atoms with Crippen LogP contribution in [0.1, 0.15) is 284 Å². The number of aliphatic hydroxyl groups is 2. The largest absolute Gasteiger partial charge is 0.462 e. The number of hydrogen-bond donors (Lipinski definition) is 3. The molecule has 374 valence electrons. The quantitative estimate of drug-likeness (QED) is 0.0245. The lowest BCUT2D eigenvalue weighted by molar-refractivity contribution is -0.151. The number of hydrogen-bond acceptors (Lipinski definition) is 5. The average Bonchev–Trinajstić information content (AvgIpc) is 3.29. The molecule has 0 heterocycles. The molecule has 0 aromatic carbocycles. The number of carbonyl (C=O) groups excluding carboxylic acids is 2. The van der Waals surface area contributed by atoms with Gasteiger partial charge in [-0.3, -0.25) is 9.59 Å². The summed E-state index contributed by atoms with van der Waals surface area (Å²) in [6.45, 7) is 6.44. The number of esters is 1. The molecule has 1 amide bonds. The fraction of sp³-hybridized carbons (Fsp3) is 0.828. The van der Waals surface area contributed by atoms with E-state index < -0.39 is 18.2 Å². The maximum atomic E-state index is 13.2. The molecule has 0 aromatic rings. The molecule has 0 aromatic heterocycles. The summed E-state index contributed by atoms with van der Waals surface area (Å²) >= 11 is 0. The Labute approximate surface area is 397 Å². The SMILES string of the molecule is CCCCC/C=C\C/C=C\CCCCCCCCCC(CC(=O)NC(CO)C(O)CCCCCCCCCCCCCCC)OC(=O)CCCCCCCC/C=C/C=C/CCCCC. The number of ether oxygens (including phenoxy) is 1. The van der Waals surface area contributed by atoms with E-state index in [-0.39, 0.29) is 24.9 Å². The minimum Gasteiger partial charge on any atom is -0.462 e. The fourth-order valence-electron chi connectivity index (χ4n) is 8.39. The highest BCUT2D eigenvalue weighted by Gasteiger charge is 2.24. The van der Waals surface area contributed by atoms with Crippen molar-refractivity contribution in [2.45, 2.75) is 302 Å². The monoisotopic (exact) mass is 898 g/mol. The van der Waals surface area contributed by atoms with Crippen LogP contribution in [0.5, 0.6) is 0 Å². The van der Waals surface area contributed by atoms with E-state index in [1.165, 1.54) is 161 Å². The second-order valence-corrected chi connectivity index (χ2v) is 19.0. The van der Waals surface area contributed by atoms with Crippen molar-refractivity contribution in [1.82, 2.24) is 5.32 Å². The van der Waals surface area contributed by atoms with Gasteiger partial charge in [0.05, 0.1) is 25.2 Å². The molecule has 0 spiro atoms. The van der Waals surface area contributed by atoms with E-state index in [9.17, 15) is 19.8 Å². The molecular formula is C58H107NO5. The summed E-state index contributed by atoms with van der Waals surface area (Å²) in [7, 11) is 0. The number of nitrogens with one attached hydrogen (secondary N) is 1. The number of amides is 1. The Morgan fingerprint density at radius 3 is 1.31 bits per heavy atom. The van der Waals surface area contributed by atoms with Gasteiger partial charge in [-0.15, -0.1) is 0 Å².